The van der Waals surface area contributed by atoms with E-state index in [1.165, 1.54) is 6.07 Å². The largest absolute Gasteiger partial charge is 0.755 e. The van der Waals surface area contributed by atoms with Crippen molar-refractivity contribution in [1.82, 2.24) is 9.97 Å². The molecule has 0 radical (unpaired) electrons. The molecule has 1 unspecified atom stereocenters. The maximum absolute atomic E-state index is 13.9. The number of aromatic nitrogens is 2. The van der Waals surface area contributed by atoms with Crippen molar-refractivity contribution in [2.24, 2.45) is 0 Å². The molecule has 164 valence electrons. The molecule has 0 saturated heterocycles. The highest BCUT2D eigenvalue weighted by molar-refractivity contribution is 7.80. The van der Waals surface area contributed by atoms with Gasteiger partial charge in [0, 0.05) is 39.8 Å². The van der Waals surface area contributed by atoms with Crippen LogP contribution in [0, 0.1) is 12.7 Å². The highest BCUT2D eigenvalue weighted by Crippen LogP contribution is 2.36. The number of aryl methyl sites for hydroxylation is 1. The maximum atomic E-state index is 13.9. The van der Waals surface area contributed by atoms with Gasteiger partial charge in [0.25, 0.3) is 0 Å². The van der Waals surface area contributed by atoms with E-state index in [9.17, 15) is 13.2 Å². The van der Waals surface area contributed by atoms with Crippen molar-refractivity contribution in [3.05, 3.63) is 89.8 Å². The first kappa shape index (κ1) is 21.4. The zero-order valence-electron chi connectivity index (χ0n) is 17.4. The standard InChI is InChI=1S/C25H18FN3O2S2/c1-15-9-18(5-7-22(15)26)25-21(17-6-8-23-24(12-17)32-14-28-23)11-19(13-27-25)16-3-2-4-20(10-16)29-33(30)31/h2-14,29H,1H3,(H,30,31)/p-1. The molecule has 0 spiro atoms. The molecule has 33 heavy (non-hydrogen) atoms. The SMILES string of the molecule is Cc1cc(-c2ncc(-c3cccc(NS(=O)[O-])c3)cc2-c2ccc3ncsc3c2)ccc1F. The van der Waals surface area contributed by atoms with Gasteiger partial charge in [-0.05, 0) is 72.1 Å². The Morgan fingerprint density at radius 3 is 2.61 bits per heavy atom. The first-order valence-corrected chi connectivity index (χ1v) is 12.0. The molecule has 0 aliphatic rings. The van der Waals surface area contributed by atoms with Crippen LogP contribution in [0.1, 0.15) is 5.56 Å². The Labute approximate surface area is 196 Å². The summed E-state index contributed by atoms with van der Waals surface area (Å²) in [4.78, 5) is 9.11. The van der Waals surface area contributed by atoms with Crippen molar-refractivity contribution in [2.75, 3.05) is 4.72 Å². The smallest absolute Gasteiger partial charge is 0.126 e. The van der Waals surface area contributed by atoms with E-state index in [0.717, 1.165) is 43.7 Å². The van der Waals surface area contributed by atoms with E-state index in [2.05, 4.69) is 15.8 Å². The zero-order chi connectivity index (χ0) is 22.9. The van der Waals surface area contributed by atoms with Crippen LogP contribution in [-0.2, 0) is 11.3 Å². The van der Waals surface area contributed by atoms with Gasteiger partial charge in [-0.15, -0.1) is 11.3 Å². The first-order valence-electron chi connectivity index (χ1n) is 10.0. The number of hydrogen-bond acceptors (Lipinski definition) is 5. The molecular formula is C25H17FN3O2S2-. The van der Waals surface area contributed by atoms with Crippen LogP contribution in [0.25, 0.3) is 43.7 Å². The molecule has 8 heteroatoms. The number of nitrogens with one attached hydrogen (secondary N) is 1. The predicted octanol–water partition coefficient (Wildman–Crippen LogP) is 6.35. The van der Waals surface area contributed by atoms with Crippen molar-refractivity contribution in [1.29, 1.82) is 0 Å². The molecule has 0 aliphatic carbocycles. The molecule has 2 heterocycles. The van der Waals surface area contributed by atoms with Crippen LogP contribution >= 0.6 is 11.3 Å². The van der Waals surface area contributed by atoms with Gasteiger partial charge in [0.2, 0.25) is 0 Å². The monoisotopic (exact) mass is 474 g/mol. The summed E-state index contributed by atoms with van der Waals surface area (Å²) in [6.07, 6.45) is 1.75. The lowest BCUT2D eigenvalue weighted by Gasteiger charge is -2.14. The number of thiazole rings is 1. The van der Waals surface area contributed by atoms with Crippen LogP contribution in [0.15, 0.2) is 78.4 Å². The molecule has 1 atom stereocenters. The van der Waals surface area contributed by atoms with E-state index in [-0.39, 0.29) is 5.82 Å². The molecule has 0 saturated carbocycles. The Kier molecular flexibility index (Phi) is 5.72. The number of hydrogen-bond donors (Lipinski definition) is 1. The minimum Gasteiger partial charge on any atom is -0.755 e. The Morgan fingerprint density at radius 1 is 0.939 bits per heavy atom. The highest BCUT2D eigenvalue weighted by atomic mass is 32.2. The third-order valence-electron chi connectivity index (χ3n) is 5.36. The third-order valence-corrected chi connectivity index (χ3v) is 6.55. The fourth-order valence-corrected chi connectivity index (χ4v) is 4.78. The van der Waals surface area contributed by atoms with Gasteiger partial charge in [0.05, 0.1) is 21.4 Å². The van der Waals surface area contributed by atoms with Gasteiger partial charge in [-0.2, -0.15) is 0 Å². The fourth-order valence-electron chi connectivity index (χ4n) is 3.75. The third kappa shape index (κ3) is 4.41. The average Bonchev–Trinajstić information content (AvgIpc) is 3.28. The summed E-state index contributed by atoms with van der Waals surface area (Å²) in [7, 11) is 0. The number of benzene rings is 3. The van der Waals surface area contributed by atoms with Crippen LogP contribution in [0.5, 0.6) is 0 Å². The van der Waals surface area contributed by atoms with Gasteiger partial charge in [0.1, 0.15) is 5.82 Å². The summed E-state index contributed by atoms with van der Waals surface area (Å²) in [5, 5.41) is 0. The number of pyridine rings is 1. The summed E-state index contributed by atoms with van der Waals surface area (Å²) in [6, 6.07) is 20.2. The Hall–Kier alpha value is -3.46. The Balaban J connectivity index is 1.69. The van der Waals surface area contributed by atoms with Crippen molar-refractivity contribution >= 4 is 38.5 Å². The predicted molar refractivity (Wildman–Crippen MR) is 131 cm³/mol. The van der Waals surface area contributed by atoms with E-state index in [4.69, 9.17) is 4.98 Å². The number of nitrogens with zero attached hydrogens (tertiary/aromatic N) is 2. The summed E-state index contributed by atoms with van der Waals surface area (Å²) in [5.41, 5.74) is 8.81. The molecule has 5 aromatic rings. The highest BCUT2D eigenvalue weighted by Gasteiger charge is 2.14. The Bertz CT molecular complexity index is 1520. The number of rotatable bonds is 5. The average molecular weight is 475 g/mol. The van der Waals surface area contributed by atoms with Gasteiger partial charge in [-0.3, -0.25) is 9.19 Å². The van der Waals surface area contributed by atoms with Gasteiger partial charge in [0.15, 0.2) is 0 Å². The van der Waals surface area contributed by atoms with E-state index >= 15 is 0 Å². The van der Waals surface area contributed by atoms with E-state index < -0.39 is 11.3 Å². The molecule has 5 nitrogen and oxygen atoms in total. The van der Waals surface area contributed by atoms with Crippen LogP contribution in [-0.4, -0.2) is 18.7 Å². The Morgan fingerprint density at radius 2 is 1.79 bits per heavy atom. The second-order valence-electron chi connectivity index (χ2n) is 7.54. The lowest BCUT2D eigenvalue weighted by Crippen LogP contribution is -2.02. The normalized spacial score (nSPS) is 12.1. The molecule has 5 rings (SSSR count). The van der Waals surface area contributed by atoms with Crippen molar-refractivity contribution in [3.63, 3.8) is 0 Å². The summed E-state index contributed by atoms with van der Waals surface area (Å²) in [5.74, 6) is -0.261. The van der Waals surface area contributed by atoms with Gasteiger partial charge in [-0.1, -0.05) is 18.2 Å². The van der Waals surface area contributed by atoms with Crippen molar-refractivity contribution < 1.29 is 13.2 Å². The lowest BCUT2D eigenvalue weighted by molar-refractivity contribution is 0.542. The maximum Gasteiger partial charge on any atom is 0.126 e. The quantitative estimate of drug-likeness (QED) is 0.301. The lowest BCUT2D eigenvalue weighted by atomic mass is 9.95. The summed E-state index contributed by atoms with van der Waals surface area (Å²) in [6.45, 7) is 1.73. The number of anilines is 1. The summed E-state index contributed by atoms with van der Waals surface area (Å²) < 4.78 is 39.4. The van der Waals surface area contributed by atoms with Gasteiger partial charge in [-0.25, -0.2) is 9.37 Å². The van der Waals surface area contributed by atoms with E-state index in [1.807, 2.05) is 29.8 Å². The van der Waals surface area contributed by atoms with Crippen LogP contribution in [0.4, 0.5) is 10.1 Å². The van der Waals surface area contributed by atoms with Crippen molar-refractivity contribution in [3.8, 4) is 33.5 Å². The molecule has 3 aromatic carbocycles. The minimum atomic E-state index is -2.41. The van der Waals surface area contributed by atoms with Crippen LogP contribution < -0.4 is 4.72 Å². The minimum absolute atomic E-state index is 0.261. The summed E-state index contributed by atoms with van der Waals surface area (Å²) >= 11 is -0.846. The number of halogens is 1. The molecule has 0 bridgehead atoms. The molecule has 0 amide bonds. The molecule has 2 aromatic heterocycles. The number of fused-ring (bicyclic) bond motifs is 1. The van der Waals surface area contributed by atoms with Crippen molar-refractivity contribution in [2.45, 2.75) is 6.92 Å². The molecule has 1 N–H and O–H groups in total. The second-order valence-corrected chi connectivity index (χ2v) is 9.10. The van der Waals surface area contributed by atoms with Crippen LogP contribution in [0.3, 0.4) is 0 Å². The second kappa shape index (κ2) is 8.82. The van der Waals surface area contributed by atoms with Gasteiger partial charge >= 0.3 is 0 Å². The van der Waals surface area contributed by atoms with E-state index in [1.54, 1.807) is 54.8 Å². The zero-order valence-corrected chi connectivity index (χ0v) is 19.0. The van der Waals surface area contributed by atoms with Gasteiger partial charge < -0.3 is 9.27 Å². The fraction of sp³-hybridized carbons (Fsp3) is 0.0400. The molecular weight excluding hydrogens is 457 g/mol. The van der Waals surface area contributed by atoms with E-state index in [0.29, 0.717) is 11.3 Å². The van der Waals surface area contributed by atoms with Crippen LogP contribution in [0.2, 0.25) is 0 Å². The first-order chi connectivity index (χ1) is 16.0. The molecule has 0 fully saturated rings. The topological polar surface area (TPSA) is 77.9 Å². The molecule has 0 aliphatic heterocycles.